The van der Waals surface area contributed by atoms with Crippen molar-refractivity contribution in [2.75, 3.05) is 6.54 Å². The number of imide groups is 1. The summed E-state index contributed by atoms with van der Waals surface area (Å²) in [4.78, 5) is 43.1. The van der Waals surface area contributed by atoms with Gasteiger partial charge >= 0.3 is 6.03 Å². The monoisotopic (exact) mass is 445 g/mol. The van der Waals surface area contributed by atoms with Crippen LogP contribution in [0.25, 0.3) is 5.69 Å². The van der Waals surface area contributed by atoms with E-state index in [9.17, 15) is 14.4 Å². The van der Waals surface area contributed by atoms with E-state index in [1.807, 2.05) is 72.3 Å². The van der Waals surface area contributed by atoms with Crippen LogP contribution in [0.1, 0.15) is 37.4 Å². The first-order valence-corrected chi connectivity index (χ1v) is 10.9. The molecule has 8 heteroatoms. The fourth-order valence-electron chi connectivity index (χ4n) is 3.96. The summed E-state index contributed by atoms with van der Waals surface area (Å²) in [5.41, 5.74) is 1.94. The first-order valence-electron chi connectivity index (χ1n) is 10.9. The highest BCUT2D eigenvalue weighted by Crippen LogP contribution is 2.23. The second-order valence-corrected chi connectivity index (χ2v) is 8.49. The van der Waals surface area contributed by atoms with Gasteiger partial charge in [-0.2, -0.15) is 0 Å². The topological polar surface area (TPSA) is 96.3 Å². The maximum atomic E-state index is 13.0. The molecule has 2 N–H and O–H groups in total. The molecule has 1 aliphatic rings. The molecule has 0 bridgehead atoms. The number of aryl methyl sites for hydroxylation is 1. The molecular weight excluding hydrogens is 418 g/mol. The Morgan fingerprint density at radius 3 is 2.52 bits per heavy atom. The predicted molar refractivity (Wildman–Crippen MR) is 124 cm³/mol. The van der Waals surface area contributed by atoms with Crippen LogP contribution < -0.4 is 10.6 Å². The molecule has 1 aliphatic heterocycles. The molecule has 0 spiro atoms. The summed E-state index contributed by atoms with van der Waals surface area (Å²) >= 11 is 0. The van der Waals surface area contributed by atoms with Crippen molar-refractivity contribution in [3.8, 4) is 5.69 Å². The fourth-order valence-corrected chi connectivity index (χ4v) is 3.96. The van der Waals surface area contributed by atoms with E-state index in [2.05, 4.69) is 15.6 Å². The van der Waals surface area contributed by atoms with Crippen LogP contribution in [0.4, 0.5) is 4.79 Å². The molecule has 4 amide bonds. The number of imidazole rings is 1. The number of aromatic nitrogens is 2. The van der Waals surface area contributed by atoms with Crippen molar-refractivity contribution in [3.05, 3.63) is 84.4 Å². The van der Waals surface area contributed by atoms with Gasteiger partial charge in [-0.1, -0.05) is 42.5 Å². The Bertz CT molecular complexity index is 1130. The molecule has 4 rings (SSSR count). The van der Waals surface area contributed by atoms with Crippen LogP contribution in [0.15, 0.2) is 73.3 Å². The third kappa shape index (κ3) is 4.95. The Kier molecular flexibility index (Phi) is 6.26. The van der Waals surface area contributed by atoms with Crippen molar-refractivity contribution in [3.63, 3.8) is 0 Å². The minimum atomic E-state index is -1.03. The van der Waals surface area contributed by atoms with Gasteiger partial charge in [0, 0.05) is 18.1 Å². The summed E-state index contributed by atoms with van der Waals surface area (Å²) in [5.74, 6) is -0.770. The van der Waals surface area contributed by atoms with E-state index >= 15 is 0 Å². The van der Waals surface area contributed by atoms with Gasteiger partial charge in [-0.15, -0.1) is 0 Å². The number of urea groups is 1. The van der Waals surface area contributed by atoms with Gasteiger partial charge in [0.25, 0.3) is 5.91 Å². The van der Waals surface area contributed by atoms with Crippen LogP contribution in [0.2, 0.25) is 0 Å². The Hall–Kier alpha value is -3.94. The number of rotatable bonds is 8. The van der Waals surface area contributed by atoms with E-state index < -0.39 is 17.5 Å². The number of hydrogen-bond donors (Lipinski definition) is 2. The van der Waals surface area contributed by atoms with Crippen molar-refractivity contribution >= 4 is 17.8 Å². The number of carbonyl (C=O) groups is 3. The Balaban J connectivity index is 1.33. The molecule has 8 nitrogen and oxygen atoms in total. The van der Waals surface area contributed by atoms with E-state index in [0.29, 0.717) is 12.8 Å². The third-order valence-electron chi connectivity index (χ3n) is 5.98. The standard InChI is InChI=1S/C25H27N5O3/c1-18(20-8-10-21(11-9-20)29-15-14-26-17-29)27-22(31)16-30-23(32)25(2,28-24(30)33)13-12-19-6-4-3-5-7-19/h3-11,14-15,17-18H,12-13,16H2,1-2H3,(H,27,31)(H,28,33)/t18-,25+/m1/s1. The Morgan fingerprint density at radius 1 is 1.12 bits per heavy atom. The fraction of sp³-hybridized carbons (Fsp3) is 0.280. The van der Waals surface area contributed by atoms with E-state index in [0.717, 1.165) is 21.7 Å². The molecule has 1 saturated heterocycles. The quantitative estimate of drug-likeness (QED) is 0.521. The van der Waals surface area contributed by atoms with Crippen LogP contribution >= 0.6 is 0 Å². The van der Waals surface area contributed by atoms with Crippen LogP contribution in [0, 0.1) is 0 Å². The van der Waals surface area contributed by atoms with E-state index in [1.165, 1.54) is 0 Å². The smallest absolute Gasteiger partial charge is 0.325 e. The lowest BCUT2D eigenvalue weighted by Gasteiger charge is -2.22. The van der Waals surface area contributed by atoms with Gasteiger partial charge in [-0.3, -0.25) is 14.5 Å². The molecule has 1 fully saturated rings. The SMILES string of the molecule is C[C@@H](NC(=O)CN1C(=O)N[C@@](C)(CCc2ccccc2)C1=O)c1ccc(-n2ccnc2)cc1. The zero-order chi connectivity index (χ0) is 23.4. The van der Waals surface area contributed by atoms with Gasteiger partial charge in [0.15, 0.2) is 0 Å². The lowest BCUT2D eigenvalue weighted by Crippen LogP contribution is -2.45. The number of benzene rings is 2. The maximum absolute atomic E-state index is 13.0. The van der Waals surface area contributed by atoms with Crippen LogP contribution in [-0.2, 0) is 16.0 Å². The third-order valence-corrected chi connectivity index (χ3v) is 5.98. The first kappa shape index (κ1) is 22.3. The highest BCUT2D eigenvalue weighted by Gasteiger charge is 2.47. The zero-order valence-corrected chi connectivity index (χ0v) is 18.7. The van der Waals surface area contributed by atoms with Gasteiger partial charge < -0.3 is 15.2 Å². The lowest BCUT2D eigenvalue weighted by atomic mass is 9.93. The van der Waals surface area contributed by atoms with Crippen LogP contribution in [-0.4, -0.2) is 44.4 Å². The average molecular weight is 446 g/mol. The van der Waals surface area contributed by atoms with Crippen molar-refractivity contribution in [2.45, 2.75) is 38.3 Å². The zero-order valence-electron chi connectivity index (χ0n) is 18.7. The molecule has 2 heterocycles. The summed E-state index contributed by atoms with van der Waals surface area (Å²) in [6, 6.07) is 16.7. The summed E-state index contributed by atoms with van der Waals surface area (Å²) in [7, 11) is 0. The highest BCUT2D eigenvalue weighted by atomic mass is 16.2. The molecule has 0 radical (unpaired) electrons. The lowest BCUT2D eigenvalue weighted by molar-refractivity contribution is -0.134. The second-order valence-electron chi connectivity index (χ2n) is 8.49. The summed E-state index contributed by atoms with van der Waals surface area (Å²) < 4.78 is 1.89. The minimum absolute atomic E-state index is 0.278. The van der Waals surface area contributed by atoms with Crippen molar-refractivity contribution in [2.24, 2.45) is 0 Å². The van der Waals surface area contributed by atoms with Gasteiger partial charge in [0.2, 0.25) is 5.91 Å². The minimum Gasteiger partial charge on any atom is -0.348 e. The first-order chi connectivity index (χ1) is 15.9. The number of amides is 4. The molecule has 2 atom stereocenters. The molecule has 2 aromatic carbocycles. The summed E-state index contributed by atoms with van der Waals surface area (Å²) in [6.07, 6.45) is 6.38. The average Bonchev–Trinajstić information content (AvgIpc) is 3.42. The van der Waals surface area contributed by atoms with Crippen LogP contribution in [0.3, 0.4) is 0 Å². The molecule has 3 aromatic rings. The predicted octanol–water partition coefficient (Wildman–Crippen LogP) is 2.99. The van der Waals surface area contributed by atoms with Crippen molar-refractivity contribution in [1.29, 1.82) is 0 Å². The molecule has 0 unspecified atom stereocenters. The van der Waals surface area contributed by atoms with Crippen LogP contribution in [0.5, 0.6) is 0 Å². The summed E-state index contributed by atoms with van der Waals surface area (Å²) in [5, 5.41) is 5.63. The van der Waals surface area contributed by atoms with E-state index in [1.54, 1.807) is 19.4 Å². The number of nitrogens with one attached hydrogen (secondary N) is 2. The second kappa shape index (κ2) is 9.28. The molecular formula is C25H27N5O3. The van der Waals surface area contributed by atoms with E-state index in [-0.39, 0.29) is 18.5 Å². The largest absolute Gasteiger partial charge is 0.348 e. The molecule has 0 saturated carbocycles. The van der Waals surface area contributed by atoms with Gasteiger partial charge in [0.1, 0.15) is 12.1 Å². The Morgan fingerprint density at radius 2 is 1.85 bits per heavy atom. The highest BCUT2D eigenvalue weighted by molar-refractivity contribution is 6.08. The van der Waals surface area contributed by atoms with Gasteiger partial charge in [0.05, 0.1) is 12.4 Å². The number of carbonyl (C=O) groups excluding carboxylic acids is 3. The van der Waals surface area contributed by atoms with Crippen molar-refractivity contribution < 1.29 is 14.4 Å². The maximum Gasteiger partial charge on any atom is 0.325 e. The molecule has 0 aliphatic carbocycles. The van der Waals surface area contributed by atoms with Gasteiger partial charge in [-0.25, -0.2) is 9.78 Å². The molecule has 170 valence electrons. The normalized spacial score (nSPS) is 18.8. The van der Waals surface area contributed by atoms with Crippen molar-refractivity contribution in [1.82, 2.24) is 25.1 Å². The number of nitrogens with zero attached hydrogens (tertiary/aromatic N) is 3. The summed E-state index contributed by atoms with van der Waals surface area (Å²) in [6.45, 7) is 3.25. The molecule has 33 heavy (non-hydrogen) atoms. The molecule has 1 aromatic heterocycles. The van der Waals surface area contributed by atoms with Gasteiger partial charge in [-0.05, 0) is 49.9 Å². The van der Waals surface area contributed by atoms with E-state index in [4.69, 9.17) is 0 Å². The number of hydrogen-bond acceptors (Lipinski definition) is 4. The Labute approximate surface area is 192 Å².